The molecule has 0 spiro atoms. The maximum Gasteiger partial charge on any atom is 0.243 e. The van der Waals surface area contributed by atoms with Crippen LogP contribution in [0, 0.1) is 11.6 Å². The first-order chi connectivity index (χ1) is 17.0. The second kappa shape index (κ2) is 11.7. The van der Waals surface area contributed by atoms with Crippen LogP contribution in [0.15, 0.2) is 78.9 Å². The fourth-order valence-corrected chi connectivity index (χ4v) is 4.64. The van der Waals surface area contributed by atoms with Gasteiger partial charge in [-0.25, -0.2) is 8.78 Å². The molecule has 0 aromatic heterocycles. The second-order valence-electron chi connectivity index (χ2n) is 9.08. The highest BCUT2D eigenvalue weighted by molar-refractivity contribution is 5.89. The topological polar surface area (TPSA) is 49.4 Å². The average Bonchev–Trinajstić information content (AvgIpc) is 3.37. The quantitative estimate of drug-likeness (QED) is 0.461. The van der Waals surface area contributed by atoms with E-state index >= 15 is 0 Å². The van der Waals surface area contributed by atoms with E-state index in [-0.39, 0.29) is 36.9 Å². The predicted octanol–water partition coefficient (Wildman–Crippen LogP) is 5.21. The number of carbonyl (C=O) groups is 2. The van der Waals surface area contributed by atoms with Crippen LogP contribution in [0.1, 0.15) is 42.4 Å². The molecular weight excluding hydrogens is 446 g/mol. The van der Waals surface area contributed by atoms with E-state index in [2.05, 4.69) is 5.32 Å². The summed E-state index contributed by atoms with van der Waals surface area (Å²) in [6.45, 7) is -0.0878. The van der Waals surface area contributed by atoms with Crippen LogP contribution in [0.5, 0.6) is 0 Å². The summed E-state index contributed by atoms with van der Waals surface area (Å²) in [4.78, 5) is 28.6. The monoisotopic (exact) mass is 476 g/mol. The van der Waals surface area contributed by atoms with Crippen LogP contribution in [0.2, 0.25) is 0 Å². The van der Waals surface area contributed by atoms with Gasteiger partial charge in [-0.3, -0.25) is 9.59 Å². The number of nitrogens with zero attached hydrogens (tertiary/aromatic N) is 1. The Kier molecular flexibility index (Phi) is 8.24. The van der Waals surface area contributed by atoms with Crippen molar-refractivity contribution in [1.82, 2.24) is 10.2 Å². The predicted molar refractivity (Wildman–Crippen MR) is 131 cm³/mol. The molecule has 4 nitrogen and oxygen atoms in total. The molecule has 4 rings (SSSR count). The van der Waals surface area contributed by atoms with Gasteiger partial charge in [-0.2, -0.15) is 0 Å². The summed E-state index contributed by atoms with van der Waals surface area (Å²) in [5.41, 5.74) is 1.43. The Balaban J connectivity index is 1.68. The Bertz CT molecular complexity index is 1150. The highest BCUT2D eigenvalue weighted by Gasteiger charge is 2.32. The summed E-state index contributed by atoms with van der Waals surface area (Å²) in [6, 6.07) is 21.0. The SMILES string of the molecule is O=C(NC1CCCC1)C(Cc1ccccc1)N(Cc1ccccc1F)C(=O)Cc1ccccc1F. The van der Waals surface area contributed by atoms with Crippen LogP contribution < -0.4 is 5.32 Å². The molecule has 1 atom stereocenters. The molecule has 182 valence electrons. The van der Waals surface area contributed by atoms with Crippen molar-refractivity contribution in [3.8, 4) is 0 Å². The minimum atomic E-state index is -0.864. The van der Waals surface area contributed by atoms with E-state index in [1.165, 1.54) is 17.0 Å². The number of halogens is 2. The van der Waals surface area contributed by atoms with Gasteiger partial charge in [0.1, 0.15) is 17.7 Å². The van der Waals surface area contributed by atoms with Crippen molar-refractivity contribution in [3.63, 3.8) is 0 Å². The van der Waals surface area contributed by atoms with E-state index in [4.69, 9.17) is 0 Å². The van der Waals surface area contributed by atoms with E-state index in [0.29, 0.717) is 5.56 Å². The number of hydrogen-bond donors (Lipinski definition) is 1. The molecule has 0 bridgehead atoms. The zero-order valence-electron chi connectivity index (χ0n) is 19.6. The van der Waals surface area contributed by atoms with Crippen molar-refractivity contribution in [1.29, 1.82) is 0 Å². The molecule has 1 saturated carbocycles. The van der Waals surface area contributed by atoms with Crippen LogP contribution in [0.3, 0.4) is 0 Å². The molecule has 6 heteroatoms. The molecule has 1 aliphatic rings. The van der Waals surface area contributed by atoms with Gasteiger partial charge >= 0.3 is 0 Å². The number of rotatable bonds is 9. The molecule has 1 aliphatic carbocycles. The molecular formula is C29H30F2N2O2. The van der Waals surface area contributed by atoms with Gasteiger partial charge in [0.2, 0.25) is 11.8 Å². The summed E-state index contributed by atoms with van der Waals surface area (Å²) in [5, 5.41) is 3.11. The van der Waals surface area contributed by atoms with E-state index < -0.39 is 23.6 Å². The van der Waals surface area contributed by atoms with Crippen LogP contribution in [0.4, 0.5) is 8.78 Å². The lowest BCUT2D eigenvalue weighted by Crippen LogP contribution is -2.52. The lowest BCUT2D eigenvalue weighted by atomic mass is 10.0. The highest BCUT2D eigenvalue weighted by Crippen LogP contribution is 2.21. The van der Waals surface area contributed by atoms with Crippen molar-refractivity contribution in [2.75, 3.05) is 0 Å². The van der Waals surface area contributed by atoms with Crippen LogP contribution >= 0.6 is 0 Å². The van der Waals surface area contributed by atoms with E-state index in [0.717, 1.165) is 31.2 Å². The molecule has 1 fully saturated rings. The highest BCUT2D eigenvalue weighted by atomic mass is 19.1. The Morgan fingerprint density at radius 2 is 1.40 bits per heavy atom. The minimum Gasteiger partial charge on any atom is -0.352 e. The van der Waals surface area contributed by atoms with Crippen LogP contribution in [0.25, 0.3) is 0 Å². The summed E-state index contributed by atoms with van der Waals surface area (Å²) in [6.07, 6.45) is 3.97. The Morgan fingerprint density at radius 3 is 2.03 bits per heavy atom. The molecule has 35 heavy (non-hydrogen) atoms. The molecule has 3 aromatic carbocycles. The third-order valence-electron chi connectivity index (χ3n) is 6.57. The first-order valence-electron chi connectivity index (χ1n) is 12.1. The fraction of sp³-hybridized carbons (Fsp3) is 0.310. The lowest BCUT2D eigenvalue weighted by molar-refractivity contribution is -0.141. The van der Waals surface area contributed by atoms with Crippen LogP contribution in [-0.4, -0.2) is 28.8 Å². The average molecular weight is 477 g/mol. The minimum absolute atomic E-state index is 0.0674. The van der Waals surface area contributed by atoms with Crippen molar-refractivity contribution in [2.45, 2.75) is 57.2 Å². The lowest BCUT2D eigenvalue weighted by Gasteiger charge is -2.32. The fourth-order valence-electron chi connectivity index (χ4n) is 4.64. The van der Waals surface area contributed by atoms with E-state index in [9.17, 15) is 18.4 Å². The summed E-state index contributed by atoms with van der Waals surface area (Å²) in [5.74, 6) is -1.63. The van der Waals surface area contributed by atoms with E-state index in [1.807, 2.05) is 30.3 Å². The van der Waals surface area contributed by atoms with Gasteiger partial charge in [0.25, 0.3) is 0 Å². The third kappa shape index (κ3) is 6.53. The normalized spacial score (nSPS) is 14.5. The van der Waals surface area contributed by atoms with Crippen molar-refractivity contribution in [3.05, 3.63) is 107 Å². The molecule has 3 aromatic rings. The molecule has 0 saturated heterocycles. The number of hydrogen-bond acceptors (Lipinski definition) is 2. The Hall–Kier alpha value is -3.54. The molecule has 1 unspecified atom stereocenters. The van der Waals surface area contributed by atoms with Crippen molar-refractivity contribution < 1.29 is 18.4 Å². The standard InChI is InChI=1S/C29H30F2N2O2/c30-25-16-8-4-12-22(25)19-28(34)33(20-23-13-5-9-17-26(23)31)27(18-21-10-2-1-3-11-21)29(35)32-24-14-6-7-15-24/h1-5,8-13,16-17,24,27H,6-7,14-15,18-20H2,(H,32,35). The van der Waals surface area contributed by atoms with Gasteiger partial charge in [0.15, 0.2) is 0 Å². The molecule has 0 heterocycles. The molecule has 0 radical (unpaired) electrons. The first kappa shape index (κ1) is 24.6. The summed E-state index contributed by atoms with van der Waals surface area (Å²) in [7, 11) is 0. The number of nitrogens with one attached hydrogen (secondary N) is 1. The molecule has 0 aliphatic heterocycles. The second-order valence-corrected chi connectivity index (χ2v) is 9.08. The number of benzene rings is 3. The van der Waals surface area contributed by atoms with Gasteiger partial charge in [-0.1, -0.05) is 79.6 Å². The van der Waals surface area contributed by atoms with Crippen LogP contribution in [-0.2, 0) is 29.0 Å². The number of carbonyl (C=O) groups excluding carboxylic acids is 2. The maximum atomic E-state index is 14.6. The maximum absolute atomic E-state index is 14.6. The zero-order chi connectivity index (χ0) is 24.6. The first-order valence-corrected chi connectivity index (χ1v) is 12.1. The van der Waals surface area contributed by atoms with Gasteiger partial charge in [0.05, 0.1) is 6.42 Å². The Labute approximate surface area is 205 Å². The summed E-state index contributed by atoms with van der Waals surface area (Å²) < 4.78 is 29.0. The third-order valence-corrected chi connectivity index (χ3v) is 6.57. The zero-order valence-corrected chi connectivity index (χ0v) is 19.6. The van der Waals surface area contributed by atoms with Gasteiger partial charge in [0, 0.05) is 24.6 Å². The van der Waals surface area contributed by atoms with Gasteiger partial charge < -0.3 is 10.2 Å². The van der Waals surface area contributed by atoms with Gasteiger partial charge in [-0.05, 0) is 36.1 Å². The van der Waals surface area contributed by atoms with E-state index in [1.54, 1.807) is 36.4 Å². The Morgan fingerprint density at radius 1 is 0.829 bits per heavy atom. The number of amides is 2. The smallest absolute Gasteiger partial charge is 0.243 e. The summed E-state index contributed by atoms with van der Waals surface area (Å²) >= 11 is 0. The van der Waals surface area contributed by atoms with Crippen molar-refractivity contribution >= 4 is 11.8 Å². The van der Waals surface area contributed by atoms with Crippen molar-refractivity contribution in [2.24, 2.45) is 0 Å². The molecule has 1 N–H and O–H groups in total. The largest absolute Gasteiger partial charge is 0.352 e. The van der Waals surface area contributed by atoms with Gasteiger partial charge in [-0.15, -0.1) is 0 Å². The molecule has 2 amide bonds.